The van der Waals surface area contributed by atoms with Gasteiger partial charge in [-0.3, -0.25) is 4.79 Å². The number of hydrogen-bond donors (Lipinski definition) is 2. The van der Waals surface area contributed by atoms with Crippen molar-refractivity contribution in [3.63, 3.8) is 0 Å². The minimum atomic E-state index is -0.108. The van der Waals surface area contributed by atoms with Crippen LogP contribution in [0.3, 0.4) is 0 Å². The van der Waals surface area contributed by atoms with Gasteiger partial charge in [-0.1, -0.05) is 33.3 Å². The summed E-state index contributed by atoms with van der Waals surface area (Å²) in [7, 11) is 0. The van der Waals surface area contributed by atoms with Crippen molar-refractivity contribution >= 4 is 17.3 Å². The van der Waals surface area contributed by atoms with Gasteiger partial charge in [0.05, 0.1) is 19.8 Å². The Hall–Kier alpha value is -2.69. The number of carbonyl (C=O) groups is 1. The summed E-state index contributed by atoms with van der Waals surface area (Å²) in [6.07, 6.45) is 2.14. The Morgan fingerprint density at radius 1 is 1.00 bits per heavy atom. The average molecular weight is 370 g/mol. The van der Waals surface area contributed by atoms with Crippen LogP contribution in [0.2, 0.25) is 0 Å². The topological polar surface area (TPSA) is 59.6 Å². The SMILES string of the molecule is CCCCOc1ccc(NC(=O)CNc2cccc(OCC(C)C)c2)cc1. The first kappa shape index (κ1) is 20.6. The molecule has 2 rings (SSSR count). The number of ether oxygens (including phenoxy) is 2. The summed E-state index contributed by atoms with van der Waals surface area (Å²) in [4.78, 5) is 12.1. The molecule has 0 saturated heterocycles. The molecule has 0 saturated carbocycles. The molecule has 0 heterocycles. The third-order valence-corrected chi connectivity index (χ3v) is 3.78. The molecule has 5 heteroatoms. The lowest BCUT2D eigenvalue weighted by Gasteiger charge is -2.12. The van der Waals surface area contributed by atoms with E-state index in [0.717, 1.165) is 35.7 Å². The van der Waals surface area contributed by atoms with Crippen molar-refractivity contribution in [3.05, 3.63) is 48.5 Å². The Morgan fingerprint density at radius 3 is 2.48 bits per heavy atom. The molecule has 0 spiro atoms. The number of nitrogens with one attached hydrogen (secondary N) is 2. The molecule has 2 N–H and O–H groups in total. The predicted molar refractivity (Wildman–Crippen MR) is 111 cm³/mol. The van der Waals surface area contributed by atoms with E-state index in [0.29, 0.717) is 19.1 Å². The molecule has 0 aliphatic heterocycles. The van der Waals surface area contributed by atoms with E-state index in [2.05, 4.69) is 31.4 Å². The van der Waals surface area contributed by atoms with Gasteiger partial charge in [0.15, 0.2) is 0 Å². The van der Waals surface area contributed by atoms with Gasteiger partial charge in [-0.15, -0.1) is 0 Å². The number of carbonyl (C=O) groups excluding carboxylic acids is 1. The average Bonchev–Trinajstić information content (AvgIpc) is 2.67. The Bertz CT molecular complexity index is 699. The fraction of sp³-hybridized carbons (Fsp3) is 0.409. The molecule has 0 aliphatic carbocycles. The Kier molecular flexibility index (Phi) is 8.49. The van der Waals surface area contributed by atoms with Crippen LogP contribution in [0, 0.1) is 5.92 Å². The first-order valence-electron chi connectivity index (χ1n) is 9.56. The van der Waals surface area contributed by atoms with E-state index in [-0.39, 0.29) is 12.5 Å². The van der Waals surface area contributed by atoms with Crippen LogP contribution in [-0.4, -0.2) is 25.7 Å². The zero-order valence-electron chi connectivity index (χ0n) is 16.5. The molecule has 0 atom stereocenters. The van der Waals surface area contributed by atoms with E-state index in [9.17, 15) is 4.79 Å². The number of anilines is 2. The largest absolute Gasteiger partial charge is 0.494 e. The molecule has 0 fully saturated rings. The van der Waals surface area contributed by atoms with Crippen LogP contribution < -0.4 is 20.1 Å². The van der Waals surface area contributed by atoms with Crippen molar-refractivity contribution in [1.29, 1.82) is 0 Å². The molecule has 2 aromatic carbocycles. The second-order valence-corrected chi connectivity index (χ2v) is 6.86. The summed E-state index contributed by atoms with van der Waals surface area (Å²) < 4.78 is 11.3. The second-order valence-electron chi connectivity index (χ2n) is 6.86. The summed E-state index contributed by atoms with van der Waals surface area (Å²) in [5.41, 5.74) is 1.60. The van der Waals surface area contributed by atoms with Gasteiger partial charge in [0.2, 0.25) is 5.91 Å². The highest BCUT2D eigenvalue weighted by Gasteiger charge is 2.04. The standard InChI is InChI=1S/C22H30N2O3/c1-4-5-13-26-20-11-9-18(10-12-20)24-22(25)15-23-19-7-6-8-21(14-19)27-16-17(2)3/h6-12,14,17,23H,4-5,13,15-16H2,1-3H3,(H,24,25). The maximum absolute atomic E-state index is 12.1. The molecule has 0 aromatic heterocycles. The van der Waals surface area contributed by atoms with Gasteiger partial charge in [-0.25, -0.2) is 0 Å². The van der Waals surface area contributed by atoms with Crippen molar-refractivity contribution < 1.29 is 14.3 Å². The number of rotatable bonds is 11. The van der Waals surface area contributed by atoms with Crippen molar-refractivity contribution in [1.82, 2.24) is 0 Å². The smallest absolute Gasteiger partial charge is 0.243 e. The van der Waals surface area contributed by atoms with Crippen molar-refractivity contribution in [2.24, 2.45) is 5.92 Å². The number of unbranched alkanes of at least 4 members (excludes halogenated alkanes) is 1. The van der Waals surface area contributed by atoms with Gasteiger partial charge >= 0.3 is 0 Å². The second kappa shape index (κ2) is 11.1. The van der Waals surface area contributed by atoms with Crippen LogP contribution in [0.25, 0.3) is 0 Å². The molecule has 5 nitrogen and oxygen atoms in total. The molecule has 0 unspecified atom stereocenters. The minimum Gasteiger partial charge on any atom is -0.494 e. The van der Waals surface area contributed by atoms with Gasteiger partial charge in [0.1, 0.15) is 11.5 Å². The van der Waals surface area contributed by atoms with E-state index in [4.69, 9.17) is 9.47 Å². The maximum atomic E-state index is 12.1. The third kappa shape index (κ3) is 8.03. The molecular weight excluding hydrogens is 340 g/mol. The van der Waals surface area contributed by atoms with Gasteiger partial charge in [-0.2, -0.15) is 0 Å². The molecule has 0 radical (unpaired) electrons. The summed E-state index contributed by atoms with van der Waals surface area (Å²) in [5.74, 6) is 1.98. The van der Waals surface area contributed by atoms with Crippen LogP contribution in [0.4, 0.5) is 11.4 Å². The predicted octanol–water partition coefficient (Wildman–Crippen LogP) is 4.95. The van der Waals surface area contributed by atoms with Gasteiger partial charge in [-0.05, 0) is 48.7 Å². The molecule has 0 bridgehead atoms. The summed E-state index contributed by atoms with van der Waals surface area (Å²) in [6.45, 7) is 7.91. The van der Waals surface area contributed by atoms with Crippen molar-refractivity contribution in [3.8, 4) is 11.5 Å². The zero-order valence-corrected chi connectivity index (χ0v) is 16.5. The van der Waals surface area contributed by atoms with Crippen LogP contribution in [0.15, 0.2) is 48.5 Å². The van der Waals surface area contributed by atoms with Crippen LogP contribution >= 0.6 is 0 Å². The summed E-state index contributed by atoms with van der Waals surface area (Å²) in [5, 5.41) is 5.99. The summed E-state index contributed by atoms with van der Waals surface area (Å²) in [6, 6.07) is 15.1. The Morgan fingerprint density at radius 2 is 1.78 bits per heavy atom. The Labute approximate surface area is 162 Å². The molecular formula is C22H30N2O3. The molecule has 2 aromatic rings. The highest BCUT2D eigenvalue weighted by molar-refractivity contribution is 5.93. The molecule has 0 aliphatic rings. The van der Waals surface area contributed by atoms with Gasteiger partial charge < -0.3 is 20.1 Å². The van der Waals surface area contributed by atoms with Crippen molar-refractivity contribution in [2.45, 2.75) is 33.6 Å². The minimum absolute atomic E-state index is 0.108. The quantitative estimate of drug-likeness (QED) is 0.549. The van der Waals surface area contributed by atoms with E-state index in [1.165, 1.54) is 0 Å². The molecule has 27 heavy (non-hydrogen) atoms. The number of benzene rings is 2. The van der Waals surface area contributed by atoms with Crippen LogP contribution in [-0.2, 0) is 4.79 Å². The Balaban J connectivity index is 1.78. The lowest BCUT2D eigenvalue weighted by Crippen LogP contribution is -2.21. The van der Waals surface area contributed by atoms with Gasteiger partial charge in [0, 0.05) is 17.4 Å². The number of amides is 1. The van der Waals surface area contributed by atoms with E-state index < -0.39 is 0 Å². The lowest BCUT2D eigenvalue weighted by molar-refractivity contribution is -0.114. The lowest BCUT2D eigenvalue weighted by atomic mass is 10.2. The van der Waals surface area contributed by atoms with Gasteiger partial charge in [0.25, 0.3) is 0 Å². The fourth-order valence-electron chi connectivity index (χ4n) is 2.32. The third-order valence-electron chi connectivity index (χ3n) is 3.78. The summed E-state index contributed by atoms with van der Waals surface area (Å²) >= 11 is 0. The van der Waals surface area contributed by atoms with Crippen LogP contribution in [0.5, 0.6) is 11.5 Å². The maximum Gasteiger partial charge on any atom is 0.243 e. The number of hydrogen-bond acceptors (Lipinski definition) is 4. The monoisotopic (exact) mass is 370 g/mol. The molecule has 1 amide bonds. The van der Waals surface area contributed by atoms with E-state index >= 15 is 0 Å². The first-order chi connectivity index (χ1) is 13.1. The normalized spacial score (nSPS) is 10.5. The molecule has 146 valence electrons. The van der Waals surface area contributed by atoms with Crippen LogP contribution in [0.1, 0.15) is 33.6 Å². The first-order valence-corrected chi connectivity index (χ1v) is 9.56. The zero-order chi connectivity index (χ0) is 19.5. The highest BCUT2D eigenvalue weighted by atomic mass is 16.5. The highest BCUT2D eigenvalue weighted by Crippen LogP contribution is 2.18. The van der Waals surface area contributed by atoms with E-state index in [1.54, 1.807) is 0 Å². The fourth-order valence-corrected chi connectivity index (χ4v) is 2.32. The van der Waals surface area contributed by atoms with E-state index in [1.807, 2.05) is 48.5 Å². The van der Waals surface area contributed by atoms with Crippen molar-refractivity contribution in [2.75, 3.05) is 30.4 Å².